The molecule has 1 aliphatic heterocycles. The van der Waals surface area contributed by atoms with E-state index >= 15 is 0 Å². The SMILES string of the molecule is CC(C)(C)NS(=O)(=O)c1cc(C(=O)Nc2cc3c(cc2Cl)OCCO3)ccc1Cl. The molecule has 0 aromatic heterocycles. The second-order valence-corrected chi connectivity index (χ2v) is 9.90. The van der Waals surface area contributed by atoms with Gasteiger partial charge in [0.15, 0.2) is 11.5 Å². The van der Waals surface area contributed by atoms with Crippen molar-refractivity contribution in [2.75, 3.05) is 18.5 Å². The lowest BCUT2D eigenvalue weighted by Crippen LogP contribution is -2.40. The van der Waals surface area contributed by atoms with Gasteiger partial charge in [0.1, 0.15) is 18.1 Å². The summed E-state index contributed by atoms with van der Waals surface area (Å²) in [5.41, 5.74) is -0.290. The van der Waals surface area contributed by atoms with Gasteiger partial charge < -0.3 is 14.8 Å². The van der Waals surface area contributed by atoms with Gasteiger partial charge in [0.2, 0.25) is 10.0 Å². The fourth-order valence-corrected chi connectivity index (χ4v) is 4.81. The molecule has 0 fully saturated rings. The number of sulfonamides is 1. The first-order chi connectivity index (χ1) is 13.5. The number of rotatable bonds is 4. The van der Waals surface area contributed by atoms with Crippen LogP contribution in [0.5, 0.6) is 11.5 Å². The number of carbonyl (C=O) groups is 1. The predicted octanol–water partition coefficient (Wildman–Crippen LogP) is 4.09. The highest BCUT2D eigenvalue weighted by molar-refractivity contribution is 7.89. The molecule has 1 aliphatic rings. The Labute approximate surface area is 179 Å². The highest BCUT2D eigenvalue weighted by Crippen LogP contribution is 2.38. The minimum absolute atomic E-state index is 0.00987. The molecule has 0 radical (unpaired) electrons. The Morgan fingerprint density at radius 2 is 1.62 bits per heavy atom. The van der Waals surface area contributed by atoms with Crippen molar-refractivity contribution < 1.29 is 22.7 Å². The number of nitrogens with one attached hydrogen (secondary N) is 2. The van der Waals surface area contributed by atoms with Crippen LogP contribution in [0.1, 0.15) is 31.1 Å². The number of fused-ring (bicyclic) bond motifs is 1. The molecule has 1 heterocycles. The van der Waals surface area contributed by atoms with Crippen LogP contribution in [-0.2, 0) is 10.0 Å². The summed E-state index contributed by atoms with van der Waals surface area (Å²) in [6, 6.07) is 7.12. The van der Waals surface area contributed by atoms with Crippen molar-refractivity contribution in [2.45, 2.75) is 31.2 Å². The minimum Gasteiger partial charge on any atom is -0.486 e. The normalized spacial score (nSPS) is 13.8. The third kappa shape index (κ3) is 5.14. The Morgan fingerprint density at radius 3 is 2.24 bits per heavy atom. The van der Waals surface area contributed by atoms with Crippen LogP contribution < -0.4 is 19.5 Å². The maximum Gasteiger partial charge on any atom is 0.255 e. The molecule has 2 N–H and O–H groups in total. The molecular weight excluding hydrogens is 439 g/mol. The van der Waals surface area contributed by atoms with E-state index in [1.54, 1.807) is 32.9 Å². The fraction of sp³-hybridized carbons (Fsp3) is 0.316. The quantitative estimate of drug-likeness (QED) is 0.719. The van der Waals surface area contributed by atoms with E-state index in [9.17, 15) is 13.2 Å². The standard InChI is InChI=1S/C19H20Cl2N2O5S/c1-19(2,3)23-29(25,26)17-8-11(4-5-12(17)20)18(24)22-14-10-16-15(9-13(14)21)27-6-7-28-16/h4-5,8-10,23H,6-7H2,1-3H3,(H,22,24). The number of ether oxygens (including phenoxy) is 2. The van der Waals surface area contributed by atoms with Crippen LogP contribution in [0.3, 0.4) is 0 Å². The van der Waals surface area contributed by atoms with E-state index in [4.69, 9.17) is 32.7 Å². The smallest absolute Gasteiger partial charge is 0.255 e. The Kier molecular flexibility index (Phi) is 6.01. The zero-order valence-corrected chi connectivity index (χ0v) is 18.3. The number of anilines is 1. The second kappa shape index (κ2) is 8.02. The van der Waals surface area contributed by atoms with Gasteiger partial charge in [-0.2, -0.15) is 0 Å². The van der Waals surface area contributed by atoms with Gasteiger partial charge in [-0.15, -0.1) is 0 Å². The van der Waals surface area contributed by atoms with Crippen molar-refractivity contribution in [3.63, 3.8) is 0 Å². The number of carbonyl (C=O) groups excluding carboxylic acids is 1. The molecule has 156 valence electrons. The molecule has 1 amide bonds. The Balaban J connectivity index is 1.89. The maximum absolute atomic E-state index is 12.7. The third-order valence-electron chi connectivity index (χ3n) is 3.80. The van der Waals surface area contributed by atoms with Crippen LogP contribution in [0.2, 0.25) is 10.0 Å². The van der Waals surface area contributed by atoms with E-state index < -0.39 is 21.5 Å². The fourth-order valence-electron chi connectivity index (χ4n) is 2.66. The topological polar surface area (TPSA) is 93.7 Å². The first kappa shape index (κ1) is 21.7. The van der Waals surface area contributed by atoms with Gasteiger partial charge in [-0.3, -0.25) is 4.79 Å². The maximum atomic E-state index is 12.7. The monoisotopic (exact) mass is 458 g/mol. The highest BCUT2D eigenvalue weighted by atomic mass is 35.5. The van der Waals surface area contributed by atoms with Gasteiger partial charge >= 0.3 is 0 Å². The summed E-state index contributed by atoms with van der Waals surface area (Å²) in [5, 5.41) is 2.93. The van der Waals surface area contributed by atoms with Crippen LogP contribution in [0.25, 0.3) is 0 Å². The van der Waals surface area contributed by atoms with Crippen LogP contribution in [0.4, 0.5) is 5.69 Å². The zero-order valence-electron chi connectivity index (χ0n) is 16.0. The molecular formula is C19H20Cl2N2O5S. The van der Waals surface area contributed by atoms with Gasteiger partial charge in [0, 0.05) is 23.2 Å². The molecule has 29 heavy (non-hydrogen) atoms. The molecule has 0 bridgehead atoms. The average molecular weight is 459 g/mol. The van der Waals surface area contributed by atoms with Crippen molar-refractivity contribution in [1.82, 2.24) is 4.72 Å². The van der Waals surface area contributed by atoms with E-state index in [0.717, 1.165) is 0 Å². The summed E-state index contributed by atoms with van der Waals surface area (Å²) >= 11 is 12.3. The summed E-state index contributed by atoms with van der Waals surface area (Å²) in [5.74, 6) is 0.407. The lowest BCUT2D eigenvalue weighted by Gasteiger charge is -2.21. The van der Waals surface area contributed by atoms with Gasteiger partial charge in [-0.25, -0.2) is 13.1 Å². The number of benzene rings is 2. The largest absolute Gasteiger partial charge is 0.486 e. The highest BCUT2D eigenvalue weighted by Gasteiger charge is 2.25. The molecule has 0 atom stereocenters. The molecule has 3 rings (SSSR count). The molecule has 0 spiro atoms. The van der Waals surface area contributed by atoms with E-state index in [0.29, 0.717) is 30.4 Å². The van der Waals surface area contributed by atoms with Crippen LogP contribution in [-0.4, -0.2) is 33.1 Å². The number of amides is 1. The number of hydrogen-bond donors (Lipinski definition) is 2. The van der Waals surface area contributed by atoms with Gasteiger partial charge in [0.05, 0.1) is 15.7 Å². The van der Waals surface area contributed by atoms with Crippen LogP contribution in [0, 0.1) is 0 Å². The van der Waals surface area contributed by atoms with Crippen molar-refractivity contribution >= 4 is 44.8 Å². The van der Waals surface area contributed by atoms with Crippen molar-refractivity contribution in [2.24, 2.45) is 0 Å². The molecule has 2 aromatic carbocycles. The minimum atomic E-state index is -3.92. The summed E-state index contributed by atoms with van der Waals surface area (Å²) in [6.07, 6.45) is 0. The van der Waals surface area contributed by atoms with Crippen molar-refractivity contribution in [3.8, 4) is 11.5 Å². The average Bonchev–Trinajstić information content (AvgIpc) is 2.60. The van der Waals surface area contributed by atoms with E-state index in [-0.39, 0.29) is 20.5 Å². The molecule has 10 heteroatoms. The van der Waals surface area contributed by atoms with Gasteiger partial charge in [0.25, 0.3) is 5.91 Å². The van der Waals surface area contributed by atoms with E-state index in [1.165, 1.54) is 18.2 Å². The molecule has 2 aromatic rings. The van der Waals surface area contributed by atoms with Crippen molar-refractivity contribution in [1.29, 1.82) is 0 Å². The Morgan fingerprint density at radius 1 is 1.00 bits per heavy atom. The second-order valence-electron chi connectivity index (χ2n) is 7.43. The summed E-state index contributed by atoms with van der Waals surface area (Å²) in [6.45, 7) is 5.93. The molecule has 7 nitrogen and oxygen atoms in total. The van der Waals surface area contributed by atoms with Crippen LogP contribution >= 0.6 is 23.2 Å². The Bertz CT molecular complexity index is 1060. The van der Waals surface area contributed by atoms with Crippen molar-refractivity contribution in [3.05, 3.63) is 45.9 Å². The summed E-state index contributed by atoms with van der Waals surface area (Å²) in [4.78, 5) is 12.5. The van der Waals surface area contributed by atoms with Gasteiger partial charge in [-0.05, 0) is 39.0 Å². The van der Waals surface area contributed by atoms with Crippen LogP contribution in [0.15, 0.2) is 35.2 Å². The predicted molar refractivity (Wildman–Crippen MR) is 112 cm³/mol. The number of hydrogen-bond acceptors (Lipinski definition) is 5. The van der Waals surface area contributed by atoms with E-state index in [1.807, 2.05) is 0 Å². The molecule has 0 unspecified atom stereocenters. The lowest BCUT2D eigenvalue weighted by atomic mass is 10.1. The molecule has 0 aliphatic carbocycles. The van der Waals surface area contributed by atoms with E-state index in [2.05, 4.69) is 10.0 Å². The van der Waals surface area contributed by atoms with Gasteiger partial charge in [-0.1, -0.05) is 23.2 Å². The Hall–Kier alpha value is -2.00. The summed E-state index contributed by atoms with van der Waals surface area (Å²) in [7, 11) is -3.92. The molecule has 0 saturated carbocycles. The lowest BCUT2D eigenvalue weighted by molar-refractivity contribution is 0.102. The third-order valence-corrected chi connectivity index (χ3v) is 6.36. The first-order valence-corrected chi connectivity index (χ1v) is 10.9. The number of halogens is 2. The summed E-state index contributed by atoms with van der Waals surface area (Å²) < 4.78 is 38.7. The molecule has 0 saturated heterocycles. The zero-order chi connectivity index (χ0) is 21.4. The first-order valence-electron chi connectivity index (χ1n) is 8.70.